The van der Waals surface area contributed by atoms with Crippen LogP contribution in [0.15, 0.2) is 48.0 Å². The Labute approximate surface area is 198 Å². The maximum atomic E-state index is 14.1. The molecule has 0 aromatic heterocycles. The number of halogens is 2. The lowest BCUT2D eigenvalue weighted by Crippen LogP contribution is -2.38. The topological polar surface area (TPSA) is 70.1 Å². The van der Waals surface area contributed by atoms with Gasteiger partial charge in [-0.15, -0.1) is 0 Å². The summed E-state index contributed by atoms with van der Waals surface area (Å²) < 4.78 is 19.5. The van der Waals surface area contributed by atoms with Crippen molar-refractivity contribution in [1.82, 2.24) is 9.80 Å². The molecule has 1 saturated heterocycles. The van der Waals surface area contributed by atoms with E-state index in [1.807, 2.05) is 20.8 Å². The smallest absolute Gasteiger partial charge is 0.295 e. The molecule has 3 rings (SSSR count). The lowest BCUT2D eigenvalue weighted by Gasteiger charge is -2.28. The van der Waals surface area contributed by atoms with Crippen LogP contribution in [0.3, 0.4) is 0 Å². The summed E-state index contributed by atoms with van der Waals surface area (Å²) in [7, 11) is 0. The number of ketones is 1. The summed E-state index contributed by atoms with van der Waals surface area (Å²) in [6.45, 7) is 8.64. The third-order valence-corrected chi connectivity index (χ3v) is 6.06. The molecular formula is C25H28ClFN2O4. The van der Waals surface area contributed by atoms with Gasteiger partial charge in [0, 0.05) is 18.7 Å². The number of Topliss-reactive ketones (excluding diaryl/α,β-unsaturated/α-hetero) is 1. The third kappa shape index (κ3) is 5.20. The van der Waals surface area contributed by atoms with Crippen LogP contribution in [0.2, 0.25) is 5.02 Å². The number of carbonyl (C=O) groups excluding carboxylic acids is 2. The van der Waals surface area contributed by atoms with Crippen LogP contribution in [0, 0.1) is 5.82 Å². The zero-order chi connectivity index (χ0) is 24.1. The molecular weight excluding hydrogens is 447 g/mol. The standard InChI is InChI=1S/C25H28ClFN2O4/c1-4-28(5-2)12-13-29-22(16-8-7-9-18(27)14-16)21(24(31)25(29)32)23(30)17-10-11-20(33-6-3)19(26)15-17/h7-11,14-15,22,30H,4-6,12-13H2,1-3H3/t22-/m0/s1. The first-order chi connectivity index (χ1) is 15.8. The van der Waals surface area contributed by atoms with E-state index in [-0.39, 0.29) is 28.5 Å². The molecule has 1 fully saturated rings. The highest BCUT2D eigenvalue weighted by Gasteiger charge is 2.46. The Hall–Kier alpha value is -2.90. The second-order valence-corrected chi connectivity index (χ2v) is 8.06. The van der Waals surface area contributed by atoms with Gasteiger partial charge in [-0.25, -0.2) is 4.39 Å². The van der Waals surface area contributed by atoms with Crippen molar-refractivity contribution in [3.05, 3.63) is 70.0 Å². The molecule has 0 radical (unpaired) electrons. The number of aliphatic hydroxyl groups is 1. The number of likely N-dealkylation sites (tertiary alicyclic amines) is 1. The van der Waals surface area contributed by atoms with E-state index < -0.39 is 23.5 Å². The van der Waals surface area contributed by atoms with E-state index in [4.69, 9.17) is 16.3 Å². The molecule has 2 aromatic carbocycles. The molecule has 1 aliphatic heterocycles. The molecule has 1 heterocycles. The normalized spacial score (nSPS) is 17.8. The first-order valence-electron chi connectivity index (χ1n) is 11.0. The number of aliphatic hydroxyl groups excluding tert-OH is 1. The summed E-state index contributed by atoms with van der Waals surface area (Å²) in [6, 6.07) is 9.45. The molecule has 0 spiro atoms. The lowest BCUT2D eigenvalue weighted by molar-refractivity contribution is -0.140. The molecule has 176 valence electrons. The molecule has 33 heavy (non-hydrogen) atoms. The van der Waals surface area contributed by atoms with E-state index in [0.29, 0.717) is 24.5 Å². The Morgan fingerprint density at radius 3 is 2.48 bits per heavy atom. The molecule has 6 nitrogen and oxygen atoms in total. The van der Waals surface area contributed by atoms with Gasteiger partial charge in [-0.05, 0) is 55.9 Å². The summed E-state index contributed by atoms with van der Waals surface area (Å²) >= 11 is 6.27. The van der Waals surface area contributed by atoms with Gasteiger partial charge in [-0.1, -0.05) is 37.6 Å². The van der Waals surface area contributed by atoms with E-state index >= 15 is 0 Å². The maximum Gasteiger partial charge on any atom is 0.295 e. The highest BCUT2D eigenvalue weighted by Crippen LogP contribution is 2.40. The highest BCUT2D eigenvalue weighted by atomic mass is 35.5. The predicted molar refractivity (Wildman–Crippen MR) is 126 cm³/mol. The van der Waals surface area contributed by atoms with Gasteiger partial charge < -0.3 is 19.6 Å². The Morgan fingerprint density at radius 1 is 1.15 bits per heavy atom. The Kier molecular flexibility index (Phi) is 8.10. The maximum absolute atomic E-state index is 14.1. The molecule has 1 atom stereocenters. The van der Waals surface area contributed by atoms with E-state index in [1.165, 1.54) is 29.2 Å². The highest BCUT2D eigenvalue weighted by molar-refractivity contribution is 6.46. The summed E-state index contributed by atoms with van der Waals surface area (Å²) in [5, 5.41) is 11.4. The van der Waals surface area contributed by atoms with Gasteiger partial charge >= 0.3 is 0 Å². The van der Waals surface area contributed by atoms with Crippen molar-refractivity contribution in [1.29, 1.82) is 0 Å². The van der Waals surface area contributed by atoms with Crippen molar-refractivity contribution in [2.75, 3.05) is 32.8 Å². The monoisotopic (exact) mass is 474 g/mol. The number of carbonyl (C=O) groups is 2. The van der Waals surface area contributed by atoms with Crippen LogP contribution in [0.5, 0.6) is 5.75 Å². The quantitative estimate of drug-likeness (QED) is 0.325. The van der Waals surface area contributed by atoms with Crippen LogP contribution in [0.1, 0.15) is 37.9 Å². The second kappa shape index (κ2) is 10.8. The number of ether oxygens (including phenoxy) is 1. The molecule has 1 amide bonds. The van der Waals surface area contributed by atoms with Crippen LogP contribution in [-0.4, -0.2) is 59.4 Å². The second-order valence-electron chi connectivity index (χ2n) is 7.65. The Bertz CT molecular complexity index is 1070. The largest absolute Gasteiger partial charge is 0.507 e. The fourth-order valence-corrected chi connectivity index (χ4v) is 4.23. The molecule has 8 heteroatoms. The number of benzene rings is 2. The first-order valence-corrected chi connectivity index (χ1v) is 11.4. The number of likely N-dealkylation sites (N-methyl/N-ethyl adjacent to an activating group) is 1. The van der Waals surface area contributed by atoms with Gasteiger partial charge in [0.2, 0.25) is 0 Å². The van der Waals surface area contributed by atoms with Crippen LogP contribution in [0.25, 0.3) is 5.76 Å². The molecule has 0 aliphatic carbocycles. The number of hydrogen-bond donors (Lipinski definition) is 1. The SMILES string of the molecule is CCOc1ccc(C(O)=C2C(=O)C(=O)N(CCN(CC)CC)[C@H]2c2cccc(F)c2)cc1Cl. The lowest BCUT2D eigenvalue weighted by atomic mass is 9.95. The van der Waals surface area contributed by atoms with Crippen molar-refractivity contribution in [3.8, 4) is 5.75 Å². The average Bonchev–Trinajstić information content (AvgIpc) is 3.05. The zero-order valence-corrected chi connectivity index (χ0v) is 19.7. The summed E-state index contributed by atoms with van der Waals surface area (Å²) in [4.78, 5) is 29.6. The number of hydrogen-bond acceptors (Lipinski definition) is 5. The minimum absolute atomic E-state index is 0.0922. The van der Waals surface area contributed by atoms with Crippen molar-refractivity contribution in [3.63, 3.8) is 0 Å². The molecule has 2 aromatic rings. The van der Waals surface area contributed by atoms with Crippen LogP contribution >= 0.6 is 11.6 Å². The molecule has 1 aliphatic rings. The summed E-state index contributed by atoms with van der Waals surface area (Å²) in [5.74, 6) is -1.96. The Morgan fingerprint density at radius 2 is 1.88 bits per heavy atom. The van der Waals surface area contributed by atoms with Crippen molar-refractivity contribution in [2.45, 2.75) is 26.8 Å². The van der Waals surface area contributed by atoms with Gasteiger partial charge in [0.1, 0.15) is 17.3 Å². The number of amides is 1. The van der Waals surface area contributed by atoms with Crippen LogP contribution < -0.4 is 4.74 Å². The van der Waals surface area contributed by atoms with Gasteiger partial charge in [-0.2, -0.15) is 0 Å². The van der Waals surface area contributed by atoms with Crippen molar-refractivity contribution < 1.29 is 23.8 Å². The predicted octanol–water partition coefficient (Wildman–Crippen LogP) is 4.64. The average molecular weight is 475 g/mol. The summed E-state index contributed by atoms with van der Waals surface area (Å²) in [6.07, 6.45) is 0. The van der Waals surface area contributed by atoms with Gasteiger partial charge in [-0.3, -0.25) is 9.59 Å². The Balaban J connectivity index is 2.10. The van der Waals surface area contributed by atoms with E-state index in [2.05, 4.69) is 4.90 Å². The van der Waals surface area contributed by atoms with Crippen LogP contribution in [0.4, 0.5) is 4.39 Å². The molecule has 1 N–H and O–H groups in total. The number of nitrogens with zero attached hydrogens (tertiary/aromatic N) is 2. The fraction of sp³-hybridized carbons (Fsp3) is 0.360. The van der Waals surface area contributed by atoms with E-state index in [1.54, 1.807) is 18.2 Å². The van der Waals surface area contributed by atoms with Crippen LogP contribution in [-0.2, 0) is 9.59 Å². The van der Waals surface area contributed by atoms with Gasteiger partial charge in [0.25, 0.3) is 11.7 Å². The third-order valence-electron chi connectivity index (χ3n) is 5.76. The molecule has 0 bridgehead atoms. The van der Waals surface area contributed by atoms with Crippen molar-refractivity contribution in [2.24, 2.45) is 0 Å². The number of rotatable bonds is 9. The molecule has 0 unspecified atom stereocenters. The van der Waals surface area contributed by atoms with Gasteiger partial charge in [0.15, 0.2) is 0 Å². The molecule has 0 saturated carbocycles. The minimum Gasteiger partial charge on any atom is -0.507 e. The van der Waals surface area contributed by atoms with Gasteiger partial charge in [0.05, 0.1) is 23.2 Å². The first kappa shape index (κ1) is 24.7. The van der Waals surface area contributed by atoms with Crippen molar-refractivity contribution >= 4 is 29.1 Å². The fourth-order valence-electron chi connectivity index (χ4n) is 4.00. The van der Waals surface area contributed by atoms with E-state index in [0.717, 1.165) is 13.1 Å². The minimum atomic E-state index is -0.915. The zero-order valence-electron chi connectivity index (χ0n) is 19.0. The summed E-state index contributed by atoms with van der Waals surface area (Å²) in [5.41, 5.74) is 0.587. The van der Waals surface area contributed by atoms with E-state index in [9.17, 15) is 19.1 Å².